The van der Waals surface area contributed by atoms with E-state index in [1.165, 1.54) is 25.3 Å². The van der Waals surface area contributed by atoms with Crippen molar-refractivity contribution in [3.8, 4) is 0 Å². The fourth-order valence-corrected chi connectivity index (χ4v) is 10.7. The largest absolute Gasteiger partial charge is 0.467 e. The van der Waals surface area contributed by atoms with Gasteiger partial charge in [0, 0.05) is 28.9 Å². The lowest BCUT2D eigenvalue weighted by Crippen LogP contribution is -2.43. The number of methoxy groups -OCH3 is 2. The molecule has 2 saturated heterocycles. The van der Waals surface area contributed by atoms with E-state index < -0.39 is 23.9 Å². The number of rotatable bonds is 14. The summed E-state index contributed by atoms with van der Waals surface area (Å²) in [6, 6.07) is 58.6. The van der Waals surface area contributed by atoms with Crippen LogP contribution in [0.2, 0.25) is 0 Å². The molecule has 6 aromatic carbocycles. The van der Waals surface area contributed by atoms with E-state index in [-0.39, 0.29) is 34.3 Å². The maximum atomic E-state index is 13.9. The standard InChI is InChI=1S/C28H29NO3S.C20H21NO3S.C8H9Br/c1-32-28(31)25-19-24(33-18-17-21-11-5-2-6-12-21)20-29(25)27(30)26(22-13-7-3-8-14-22)23-15-9-4-10-16-23;1-24-20(23)17-12-16(25)13-21(17)19(22)18(14-8-4-2-5-9-14)15-10-6-3-7-11-15;9-7-6-8-4-2-1-3-5-8/h2-16,24-26H,17-20H2,1H3;2-11,16-18,25H,12-13H2,1H3;1-5H,6-7H2/t24-,25-;16-,17-;/m00./s1. The lowest BCUT2D eigenvalue weighted by atomic mass is 9.90. The molecule has 2 amide bonds. The first-order valence-electron chi connectivity index (χ1n) is 22.6. The molecule has 0 unspecified atom stereocenters. The van der Waals surface area contributed by atoms with Gasteiger partial charge in [0.05, 0.1) is 26.1 Å². The van der Waals surface area contributed by atoms with E-state index in [9.17, 15) is 19.2 Å². The first-order chi connectivity index (χ1) is 32.7. The average molecular weight is 1000 g/mol. The number of esters is 2. The minimum atomic E-state index is -0.574. The zero-order chi connectivity index (χ0) is 47.4. The van der Waals surface area contributed by atoms with E-state index in [4.69, 9.17) is 9.47 Å². The summed E-state index contributed by atoms with van der Waals surface area (Å²) in [5, 5.41) is 1.23. The Morgan fingerprint density at radius 3 is 1.25 bits per heavy atom. The first kappa shape index (κ1) is 50.8. The molecule has 0 radical (unpaired) electrons. The summed E-state index contributed by atoms with van der Waals surface area (Å²) in [6.07, 6.45) is 3.22. The van der Waals surface area contributed by atoms with Crippen LogP contribution in [0.1, 0.15) is 58.1 Å². The second-order valence-electron chi connectivity index (χ2n) is 16.3. The highest BCUT2D eigenvalue weighted by molar-refractivity contribution is 9.09. The minimum absolute atomic E-state index is 0.0275. The summed E-state index contributed by atoms with van der Waals surface area (Å²) in [5.41, 5.74) is 6.37. The van der Waals surface area contributed by atoms with Crippen LogP contribution in [0.3, 0.4) is 0 Å². The van der Waals surface area contributed by atoms with Gasteiger partial charge < -0.3 is 19.3 Å². The van der Waals surface area contributed by atoms with Gasteiger partial charge in [-0.1, -0.05) is 198 Å². The zero-order valence-electron chi connectivity index (χ0n) is 38.0. The minimum Gasteiger partial charge on any atom is -0.467 e. The van der Waals surface area contributed by atoms with Crippen LogP contribution < -0.4 is 0 Å². The number of halogens is 1. The molecule has 0 bridgehead atoms. The highest BCUT2D eigenvalue weighted by Crippen LogP contribution is 2.35. The van der Waals surface area contributed by atoms with Gasteiger partial charge in [-0.05, 0) is 64.8 Å². The van der Waals surface area contributed by atoms with E-state index in [1.807, 2.05) is 145 Å². The number of alkyl halides is 1. The van der Waals surface area contributed by atoms with Crippen molar-refractivity contribution in [3.05, 3.63) is 215 Å². The molecule has 0 aromatic heterocycles. The van der Waals surface area contributed by atoms with Gasteiger partial charge in [0.25, 0.3) is 0 Å². The fourth-order valence-electron chi connectivity index (χ4n) is 8.55. The maximum Gasteiger partial charge on any atom is 0.328 e. The molecule has 67 heavy (non-hydrogen) atoms. The van der Waals surface area contributed by atoms with Gasteiger partial charge in [-0.15, -0.1) is 0 Å². The van der Waals surface area contributed by atoms with E-state index in [0.717, 1.165) is 46.2 Å². The summed E-state index contributed by atoms with van der Waals surface area (Å²) < 4.78 is 9.97. The number of carbonyl (C=O) groups is 4. The molecule has 2 aliphatic rings. The lowest BCUT2D eigenvalue weighted by Gasteiger charge is -2.28. The number of amides is 2. The molecular weight excluding hydrogens is 941 g/mol. The molecule has 0 aliphatic carbocycles. The van der Waals surface area contributed by atoms with Crippen LogP contribution in [-0.4, -0.2) is 94.5 Å². The number of hydrogen-bond donors (Lipinski definition) is 1. The molecule has 0 spiro atoms. The van der Waals surface area contributed by atoms with Crippen molar-refractivity contribution in [3.63, 3.8) is 0 Å². The Morgan fingerprint density at radius 1 is 0.537 bits per heavy atom. The second kappa shape index (κ2) is 26.6. The average Bonchev–Trinajstić information content (AvgIpc) is 4.00. The Kier molecular flexibility index (Phi) is 20.2. The summed E-state index contributed by atoms with van der Waals surface area (Å²) in [4.78, 5) is 55.5. The SMILES string of the molecule is BrCCc1ccccc1.COC(=O)[C@@H]1C[C@H](S)CN1C(=O)C(c1ccccc1)c1ccccc1.COC(=O)[C@@H]1C[C@H](SCCc2ccccc2)CN1C(=O)C(c1ccccc1)c1ccccc1. The Balaban J connectivity index is 0.000000191. The van der Waals surface area contributed by atoms with Gasteiger partial charge in [-0.2, -0.15) is 24.4 Å². The third-order valence-corrected chi connectivity index (χ3v) is 13.9. The predicted octanol–water partition coefficient (Wildman–Crippen LogP) is 10.5. The number of likely N-dealkylation sites (tertiary alicyclic amines) is 2. The predicted molar refractivity (Wildman–Crippen MR) is 277 cm³/mol. The van der Waals surface area contributed by atoms with E-state index in [0.29, 0.717) is 25.9 Å². The molecule has 4 atom stereocenters. The highest BCUT2D eigenvalue weighted by Gasteiger charge is 2.44. The molecule has 0 N–H and O–H groups in total. The van der Waals surface area contributed by atoms with Gasteiger partial charge in [0.2, 0.25) is 11.8 Å². The maximum absolute atomic E-state index is 13.9. The molecule has 348 valence electrons. The van der Waals surface area contributed by atoms with Crippen molar-refractivity contribution in [2.45, 2.75) is 60.1 Å². The summed E-state index contributed by atoms with van der Waals surface area (Å²) in [7, 11) is 2.75. The lowest BCUT2D eigenvalue weighted by molar-refractivity contribution is -0.151. The van der Waals surface area contributed by atoms with Crippen LogP contribution in [0.5, 0.6) is 0 Å². The number of ether oxygens (including phenoxy) is 2. The van der Waals surface area contributed by atoms with Gasteiger partial charge in [-0.25, -0.2) is 9.59 Å². The Morgan fingerprint density at radius 2 is 0.881 bits per heavy atom. The van der Waals surface area contributed by atoms with Crippen molar-refractivity contribution in [1.29, 1.82) is 0 Å². The van der Waals surface area contributed by atoms with Crippen LogP contribution in [-0.2, 0) is 41.5 Å². The topological polar surface area (TPSA) is 93.2 Å². The van der Waals surface area contributed by atoms with Crippen molar-refractivity contribution in [2.24, 2.45) is 0 Å². The van der Waals surface area contributed by atoms with Crippen LogP contribution in [0.4, 0.5) is 0 Å². The smallest absolute Gasteiger partial charge is 0.328 e. The van der Waals surface area contributed by atoms with Gasteiger partial charge >= 0.3 is 11.9 Å². The number of aryl methyl sites for hydroxylation is 2. The van der Waals surface area contributed by atoms with Crippen molar-refractivity contribution < 1.29 is 28.7 Å². The fraction of sp³-hybridized carbons (Fsp3) is 0.286. The van der Waals surface area contributed by atoms with Gasteiger partial charge in [-0.3, -0.25) is 9.59 Å². The van der Waals surface area contributed by atoms with Crippen LogP contribution >= 0.6 is 40.3 Å². The molecule has 2 fully saturated rings. The molecule has 2 aliphatic heterocycles. The third kappa shape index (κ3) is 14.4. The molecule has 0 saturated carbocycles. The molecule has 2 heterocycles. The molecule has 11 heteroatoms. The molecule has 8 rings (SSSR count). The van der Waals surface area contributed by atoms with E-state index in [2.05, 4.69) is 77.1 Å². The molecule has 8 nitrogen and oxygen atoms in total. The number of carbonyl (C=O) groups excluding carboxylic acids is 4. The molecule has 6 aromatic rings. The van der Waals surface area contributed by atoms with E-state index >= 15 is 0 Å². The first-order valence-corrected chi connectivity index (χ1v) is 25.3. The monoisotopic (exact) mass is 998 g/mol. The summed E-state index contributed by atoms with van der Waals surface area (Å²) in [6.45, 7) is 0.992. The van der Waals surface area contributed by atoms with Gasteiger partial charge in [0.15, 0.2) is 0 Å². The van der Waals surface area contributed by atoms with Crippen molar-refractivity contribution in [1.82, 2.24) is 9.80 Å². The third-order valence-electron chi connectivity index (χ3n) is 11.9. The Hall–Kier alpha value is -5.62. The van der Waals surface area contributed by atoms with Crippen molar-refractivity contribution >= 4 is 64.1 Å². The van der Waals surface area contributed by atoms with Crippen molar-refractivity contribution in [2.75, 3.05) is 38.4 Å². The van der Waals surface area contributed by atoms with Crippen LogP contribution in [0, 0.1) is 0 Å². The highest BCUT2D eigenvalue weighted by atomic mass is 79.9. The number of hydrogen-bond acceptors (Lipinski definition) is 8. The number of benzene rings is 6. The zero-order valence-corrected chi connectivity index (χ0v) is 41.3. The number of thiol groups is 1. The Bertz CT molecular complexity index is 2340. The summed E-state index contributed by atoms with van der Waals surface area (Å²) >= 11 is 9.70. The van der Waals surface area contributed by atoms with E-state index in [1.54, 1.807) is 9.80 Å². The summed E-state index contributed by atoms with van der Waals surface area (Å²) in [5.74, 6) is -0.816. The quantitative estimate of drug-likeness (QED) is 0.0660. The van der Waals surface area contributed by atoms with Crippen LogP contribution in [0.25, 0.3) is 0 Å². The number of thioether (sulfide) groups is 1. The molecular formula is C56H59BrN2O6S2. The Labute approximate surface area is 414 Å². The number of nitrogens with zero attached hydrogens (tertiary/aromatic N) is 2. The van der Waals surface area contributed by atoms with Gasteiger partial charge in [0.1, 0.15) is 12.1 Å². The van der Waals surface area contributed by atoms with Crippen LogP contribution in [0.15, 0.2) is 182 Å². The second-order valence-corrected chi connectivity index (χ2v) is 19.3. The normalized spacial score (nSPS) is 17.5.